The maximum absolute atomic E-state index is 6.96. The lowest BCUT2D eigenvalue weighted by atomic mass is 9.98. The Bertz CT molecular complexity index is 3210. The van der Waals surface area contributed by atoms with Gasteiger partial charge in [-0.2, -0.15) is 0 Å². The van der Waals surface area contributed by atoms with Crippen molar-refractivity contribution in [3.8, 4) is 44.5 Å². The van der Waals surface area contributed by atoms with Crippen LogP contribution in [0.15, 0.2) is 221 Å². The van der Waals surface area contributed by atoms with Crippen molar-refractivity contribution in [1.29, 1.82) is 0 Å². The zero-order valence-electron chi connectivity index (χ0n) is 31.0. The monoisotopic (exact) mass is 729 g/mol. The number of fused-ring (bicyclic) bond motifs is 6. The number of hydrogen-bond acceptors (Lipinski definition) is 3. The summed E-state index contributed by atoms with van der Waals surface area (Å²) in [6.07, 6.45) is 0. The Kier molecular flexibility index (Phi) is 7.82. The molecule has 3 heteroatoms. The van der Waals surface area contributed by atoms with Crippen LogP contribution < -0.4 is 4.90 Å². The number of nitrogens with zero attached hydrogens (tertiary/aromatic N) is 1. The van der Waals surface area contributed by atoms with E-state index >= 15 is 0 Å². The second kappa shape index (κ2) is 13.6. The third-order valence-corrected chi connectivity index (χ3v) is 11.1. The molecule has 0 N–H and O–H groups in total. The summed E-state index contributed by atoms with van der Waals surface area (Å²) in [5.74, 6) is 0. The van der Waals surface area contributed by atoms with Crippen LogP contribution >= 0.6 is 0 Å². The maximum Gasteiger partial charge on any atom is 0.159 e. The van der Waals surface area contributed by atoms with Crippen LogP contribution in [0.25, 0.3) is 88.4 Å². The molecule has 0 saturated heterocycles. The first-order valence-electron chi connectivity index (χ1n) is 19.3. The van der Waals surface area contributed by atoms with Crippen LogP contribution in [0.1, 0.15) is 0 Å². The van der Waals surface area contributed by atoms with Gasteiger partial charge in [0.1, 0.15) is 16.7 Å². The third kappa shape index (κ3) is 5.68. The molecule has 0 aliphatic carbocycles. The fraction of sp³-hybridized carbons (Fsp3) is 0. The van der Waals surface area contributed by atoms with E-state index in [1.54, 1.807) is 0 Å². The summed E-state index contributed by atoms with van der Waals surface area (Å²) in [4.78, 5) is 2.31. The lowest BCUT2D eigenvalue weighted by Crippen LogP contribution is -2.10. The quantitative estimate of drug-likeness (QED) is 0.164. The zero-order valence-corrected chi connectivity index (χ0v) is 31.0. The van der Waals surface area contributed by atoms with Gasteiger partial charge >= 0.3 is 0 Å². The van der Waals surface area contributed by atoms with Gasteiger partial charge in [-0.15, -0.1) is 0 Å². The average molecular weight is 730 g/mol. The van der Waals surface area contributed by atoms with Crippen molar-refractivity contribution < 1.29 is 8.83 Å². The largest absolute Gasteiger partial charge is 0.456 e. The molecule has 0 spiro atoms. The molecule has 0 bridgehead atoms. The van der Waals surface area contributed by atoms with E-state index in [-0.39, 0.29) is 0 Å². The summed E-state index contributed by atoms with van der Waals surface area (Å²) in [6, 6.07) is 75.0. The Labute approximate surface area is 330 Å². The summed E-state index contributed by atoms with van der Waals surface area (Å²) >= 11 is 0. The highest BCUT2D eigenvalue weighted by Gasteiger charge is 2.21. The van der Waals surface area contributed by atoms with E-state index in [9.17, 15) is 0 Å². The highest BCUT2D eigenvalue weighted by Crippen LogP contribution is 2.45. The molecule has 0 fully saturated rings. The number of hydrogen-bond donors (Lipinski definition) is 0. The Morgan fingerprint density at radius 2 is 0.789 bits per heavy atom. The summed E-state index contributed by atoms with van der Waals surface area (Å²) in [5.41, 5.74) is 15.7. The van der Waals surface area contributed by atoms with Crippen molar-refractivity contribution in [2.45, 2.75) is 0 Å². The van der Waals surface area contributed by atoms with Gasteiger partial charge in [0, 0.05) is 38.5 Å². The van der Waals surface area contributed by atoms with E-state index in [1.807, 2.05) is 24.3 Å². The molecule has 11 rings (SSSR count). The van der Waals surface area contributed by atoms with Crippen molar-refractivity contribution >= 4 is 60.9 Å². The topological polar surface area (TPSA) is 29.5 Å². The number of anilines is 3. The van der Waals surface area contributed by atoms with Crippen molar-refractivity contribution in [3.63, 3.8) is 0 Å². The van der Waals surface area contributed by atoms with Gasteiger partial charge in [-0.05, 0) is 87.5 Å². The molecule has 0 atom stereocenters. The normalized spacial score (nSPS) is 11.5. The van der Waals surface area contributed by atoms with Crippen LogP contribution in [-0.4, -0.2) is 0 Å². The molecule has 3 nitrogen and oxygen atoms in total. The molecule has 0 amide bonds. The maximum atomic E-state index is 6.96. The smallest absolute Gasteiger partial charge is 0.159 e. The molecule has 0 saturated carbocycles. The summed E-state index contributed by atoms with van der Waals surface area (Å²) < 4.78 is 13.2. The number of benzene rings is 9. The van der Waals surface area contributed by atoms with Crippen LogP contribution in [0.4, 0.5) is 17.1 Å². The van der Waals surface area contributed by atoms with Crippen molar-refractivity contribution in [3.05, 3.63) is 212 Å². The minimum Gasteiger partial charge on any atom is -0.456 e. The average Bonchev–Trinajstić information content (AvgIpc) is 3.87. The number of para-hydroxylation sites is 3. The minimum atomic E-state index is 0.842. The first-order valence-corrected chi connectivity index (χ1v) is 19.3. The minimum absolute atomic E-state index is 0.842. The molecule has 11 aromatic rings. The van der Waals surface area contributed by atoms with E-state index in [0.29, 0.717) is 0 Å². The fourth-order valence-electron chi connectivity index (χ4n) is 8.37. The molecule has 0 aliphatic rings. The molecular formula is C54H35NO2. The Morgan fingerprint density at radius 1 is 0.298 bits per heavy atom. The van der Waals surface area contributed by atoms with E-state index in [2.05, 4.69) is 193 Å². The standard InChI is InChI=1S/C54H35NO2/c1-3-13-36(14-4-1)40-17-9-18-41(35-40)37-27-31-42(32-28-37)55(43-33-29-39(30-34-43)44-20-12-26-51-52(44)48-19-7-8-25-50(48)56-51)49-24-11-23-47-46-22-10-21-45(53(46)57-54(47)49)38-15-5-2-6-16-38/h1-35H. The first kappa shape index (κ1) is 32.8. The first-order chi connectivity index (χ1) is 28.3. The van der Waals surface area contributed by atoms with Gasteiger partial charge in [0.2, 0.25) is 0 Å². The highest BCUT2D eigenvalue weighted by molar-refractivity contribution is 6.14. The SMILES string of the molecule is c1ccc(-c2cccc(-c3ccc(N(c4ccc(-c5cccc6oc7ccccc7c56)cc4)c4cccc5c4oc4c(-c6ccccc6)cccc45)cc3)c2)cc1. The van der Waals surface area contributed by atoms with Gasteiger partial charge in [0.25, 0.3) is 0 Å². The molecular weight excluding hydrogens is 695 g/mol. The van der Waals surface area contributed by atoms with Crippen LogP contribution in [0.5, 0.6) is 0 Å². The van der Waals surface area contributed by atoms with Crippen molar-refractivity contribution in [2.75, 3.05) is 4.90 Å². The van der Waals surface area contributed by atoms with Crippen LogP contribution in [-0.2, 0) is 0 Å². The third-order valence-electron chi connectivity index (χ3n) is 11.1. The molecule has 0 unspecified atom stereocenters. The summed E-state index contributed by atoms with van der Waals surface area (Å²) in [6.45, 7) is 0. The zero-order chi connectivity index (χ0) is 37.7. The van der Waals surface area contributed by atoms with Crippen LogP contribution in [0.3, 0.4) is 0 Å². The summed E-state index contributed by atoms with van der Waals surface area (Å²) in [7, 11) is 0. The molecule has 0 aliphatic heterocycles. The second-order valence-corrected chi connectivity index (χ2v) is 14.5. The van der Waals surface area contributed by atoms with Crippen LogP contribution in [0, 0.1) is 0 Å². The second-order valence-electron chi connectivity index (χ2n) is 14.5. The predicted octanol–water partition coefficient (Wildman–Crippen LogP) is 15.6. The van der Waals surface area contributed by atoms with Crippen LogP contribution in [0.2, 0.25) is 0 Å². The van der Waals surface area contributed by atoms with Crippen molar-refractivity contribution in [1.82, 2.24) is 0 Å². The lowest BCUT2D eigenvalue weighted by molar-refractivity contribution is 0.669. The molecule has 2 heterocycles. The highest BCUT2D eigenvalue weighted by atomic mass is 16.3. The van der Waals surface area contributed by atoms with Gasteiger partial charge in [-0.3, -0.25) is 0 Å². The molecule has 57 heavy (non-hydrogen) atoms. The fourth-order valence-corrected chi connectivity index (χ4v) is 8.37. The van der Waals surface area contributed by atoms with Gasteiger partial charge in [-0.25, -0.2) is 0 Å². The Hall–Kier alpha value is -7.62. The molecule has 268 valence electrons. The van der Waals surface area contributed by atoms with Gasteiger partial charge in [0.15, 0.2) is 5.58 Å². The number of furan rings is 2. The van der Waals surface area contributed by atoms with Gasteiger partial charge in [0.05, 0.1) is 5.69 Å². The van der Waals surface area contributed by atoms with Crippen molar-refractivity contribution in [2.24, 2.45) is 0 Å². The lowest BCUT2D eigenvalue weighted by Gasteiger charge is -2.26. The number of rotatable bonds is 7. The molecule has 9 aromatic carbocycles. The van der Waals surface area contributed by atoms with E-state index in [4.69, 9.17) is 8.83 Å². The molecule has 2 aromatic heterocycles. The summed E-state index contributed by atoms with van der Waals surface area (Å²) in [5, 5.41) is 4.42. The molecule has 0 radical (unpaired) electrons. The van der Waals surface area contributed by atoms with E-state index < -0.39 is 0 Å². The van der Waals surface area contributed by atoms with Gasteiger partial charge in [-0.1, -0.05) is 164 Å². The predicted molar refractivity (Wildman–Crippen MR) is 237 cm³/mol. The Morgan fingerprint density at radius 3 is 1.53 bits per heavy atom. The van der Waals surface area contributed by atoms with E-state index in [0.717, 1.165) is 88.8 Å². The Balaban J connectivity index is 1.06. The van der Waals surface area contributed by atoms with E-state index in [1.165, 1.54) is 16.7 Å². The van der Waals surface area contributed by atoms with Gasteiger partial charge < -0.3 is 13.7 Å².